The fraction of sp³-hybridized carbons (Fsp3) is 0.0870. The molecule has 0 radical (unpaired) electrons. The van der Waals surface area contributed by atoms with E-state index in [2.05, 4.69) is 62.7 Å². The average molecular weight is 378 g/mol. The third kappa shape index (κ3) is 3.14. The Morgan fingerprint density at radius 2 is 2.00 bits per heavy atom. The van der Waals surface area contributed by atoms with Crippen molar-refractivity contribution in [3.63, 3.8) is 0 Å². The number of benzene rings is 1. The van der Waals surface area contributed by atoms with Crippen molar-refractivity contribution >= 4 is 34.4 Å². The highest BCUT2D eigenvalue weighted by molar-refractivity contribution is 6.12. The molecular weight excluding hydrogens is 360 g/mol. The van der Waals surface area contributed by atoms with Crippen molar-refractivity contribution in [2.24, 2.45) is 4.99 Å². The van der Waals surface area contributed by atoms with Crippen LogP contribution in [0.1, 0.15) is 22.6 Å². The van der Waals surface area contributed by atoms with Gasteiger partial charge in [0.1, 0.15) is 0 Å². The van der Waals surface area contributed by atoms with Crippen LogP contribution in [0, 0.1) is 0 Å². The summed E-state index contributed by atoms with van der Waals surface area (Å²) in [4.78, 5) is 9.01. The van der Waals surface area contributed by atoms with E-state index in [1.807, 2.05) is 36.7 Å². The fourth-order valence-corrected chi connectivity index (χ4v) is 3.43. The van der Waals surface area contributed by atoms with E-state index in [1.54, 1.807) is 10.6 Å². The maximum absolute atomic E-state index is 4.60. The summed E-state index contributed by atoms with van der Waals surface area (Å²) in [6, 6.07) is 12.2. The first-order valence-corrected chi connectivity index (χ1v) is 9.34. The van der Waals surface area contributed by atoms with Crippen molar-refractivity contribution in [3.05, 3.63) is 90.6 Å². The second-order valence-corrected chi connectivity index (χ2v) is 6.90. The van der Waals surface area contributed by atoms with Gasteiger partial charge in [-0.15, -0.1) is 16.8 Å². The molecule has 1 atom stereocenters. The molecule has 0 saturated carbocycles. The standard InChI is InChI=1S/C23H18N6/c1-3-19-6-8-22-26-27-23(29(22)28-19)10-15-5-7-21-16(9-15)11-17(14-25-21)18-12-20(4-2)24-13-18/h3-9,11-14,20H,1-2,10H2. The van der Waals surface area contributed by atoms with E-state index in [0.717, 1.165) is 44.8 Å². The molecule has 0 amide bonds. The van der Waals surface area contributed by atoms with Crippen LogP contribution in [0.15, 0.2) is 72.9 Å². The number of aromatic nitrogens is 5. The summed E-state index contributed by atoms with van der Waals surface area (Å²) in [5, 5.41) is 14.1. The first-order valence-electron chi connectivity index (χ1n) is 9.34. The molecule has 3 aromatic heterocycles. The van der Waals surface area contributed by atoms with Gasteiger partial charge in [-0.05, 0) is 53.6 Å². The maximum Gasteiger partial charge on any atom is 0.177 e. The van der Waals surface area contributed by atoms with Crippen LogP contribution in [-0.4, -0.2) is 37.1 Å². The zero-order valence-corrected chi connectivity index (χ0v) is 15.7. The van der Waals surface area contributed by atoms with Gasteiger partial charge in [-0.1, -0.05) is 18.7 Å². The number of hydrogen-bond donors (Lipinski definition) is 0. The van der Waals surface area contributed by atoms with Crippen molar-refractivity contribution in [3.8, 4) is 0 Å². The summed E-state index contributed by atoms with van der Waals surface area (Å²) in [6.07, 6.45) is 10.0. The predicted molar refractivity (Wildman–Crippen MR) is 116 cm³/mol. The number of hydrogen-bond acceptors (Lipinski definition) is 5. The molecule has 0 N–H and O–H groups in total. The lowest BCUT2D eigenvalue weighted by atomic mass is 10.0. The lowest BCUT2D eigenvalue weighted by Gasteiger charge is -2.05. The summed E-state index contributed by atoms with van der Waals surface area (Å²) in [5.41, 5.74) is 5.70. The summed E-state index contributed by atoms with van der Waals surface area (Å²) in [7, 11) is 0. The number of rotatable bonds is 5. The highest BCUT2D eigenvalue weighted by Gasteiger charge is 2.12. The third-order valence-electron chi connectivity index (χ3n) is 4.98. The zero-order chi connectivity index (χ0) is 19.8. The van der Waals surface area contributed by atoms with Gasteiger partial charge in [-0.25, -0.2) is 0 Å². The average Bonchev–Trinajstić information content (AvgIpc) is 3.40. The van der Waals surface area contributed by atoms with E-state index in [1.165, 1.54) is 0 Å². The topological polar surface area (TPSA) is 68.3 Å². The van der Waals surface area contributed by atoms with Crippen LogP contribution in [0.5, 0.6) is 0 Å². The van der Waals surface area contributed by atoms with Gasteiger partial charge >= 0.3 is 0 Å². The van der Waals surface area contributed by atoms with Crippen molar-refractivity contribution < 1.29 is 0 Å². The minimum Gasteiger partial charge on any atom is -0.281 e. The van der Waals surface area contributed by atoms with Crippen LogP contribution in [0.3, 0.4) is 0 Å². The van der Waals surface area contributed by atoms with E-state index in [9.17, 15) is 0 Å². The van der Waals surface area contributed by atoms with E-state index in [0.29, 0.717) is 6.42 Å². The highest BCUT2D eigenvalue weighted by Crippen LogP contribution is 2.23. The molecule has 1 aliphatic heterocycles. The van der Waals surface area contributed by atoms with Crippen LogP contribution >= 0.6 is 0 Å². The molecule has 1 aliphatic rings. The molecule has 0 fully saturated rings. The van der Waals surface area contributed by atoms with E-state index in [4.69, 9.17) is 0 Å². The molecule has 140 valence electrons. The Morgan fingerprint density at radius 1 is 1.07 bits per heavy atom. The first kappa shape index (κ1) is 17.2. The first-order chi connectivity index (χ1) is 14.2. The van der Waals surface area contributed by atoms with Gasteiger partial charge < -0.3 is 0 Å². The highest BCUT2D eigenvalue weighted by atomic mass is 15.4. The Bertz CT molecular complexity index is 1330. The van der Waals surface area contributed by atoms with Crippen LogP contribution in [0.2, 0.25) is 0 Å². The fourth-order valence-electron chi connectivity index (χ4n) is 3.43. The smallest absolute Gasteiger partial charge is 0.177 e. The molecule has 4 heterocycles. The molecule has 0 aliphatic carbocycles. The SMILES string of the molecule is C=Cc1ccc2nnc(Cc3ccc4ncc(C5=CC(C=C)N=C5)cc4c3)n2n1. The van der Waals surface area contributed by atoms with Crippen molar-refractivity contribution in [2.75, 3.05) is 0 Å². The van der Waals surface area contributed by atoms with Gasteiger partial charge in [-0.3, -0.25) is 9.98 Å². The van der Waals surface area contributed by atoms with Crippen LogP contribution in [0.4, 0.5) is 0 Å². The quantitative estimate of drug-likeness (QED) is 0.494. The summed E-state index contributed by atoms with van der Waals surface area (Å²) >= 11 is 0. The second kappa shape index (κ2) is 6.91. The van der Waals surface area contributed by atoms with Gasteiger partial charge in [0.25, 0.3) is 0 Å². The Hall–Kier alpha value is -3.93. The molecule has 6 nitrogen and oxygen atoms in total. The molecule has 5 rings (SSSR count). The van der Waals surface area contributed by atoms with Crippen LogP contribution in [0.25, 0.3) is 28.2 Å². The predicted octanol–water partition coefficient (Wildman–Crippen LogP) is 3.93. The van der Waals surface area contributed by atoms with Crippen molar-refractivity contribution in [1.29, 1.82) is 0 Å². The van der Waals surface area contributed by atoms with Crippen LogP contribution < -0.4 is 0 Å². The summed E-state index contributed by atoms with van der Waals surface area (Å²) in [6.45, 7) is 7.58. The third-order valence-corrected chi connectivity index (χ3v) is 4.98. The van der Waals surface area contributed by atoms with Gasteiger partial charge in [-0.2, -0.15) is 9.61 Å². The van der Waals surface area contributed by atoms with Gasteiger partial charge in [0.15, 0.2) is 11.5 Å². The second-order valence-electron chi connectivity index (χ2n) is 6.90. The number of pyridine rings is 1. The number of aliphatic imine (C=N–C) groups is 1. The molecule has 1 aromatic carbocycles. The lowest BCUT2D eigenvalue weighted by molar-refractivity contribution is 0.833. The minimum absolute atomic E-state index is 0.0428. The maximum atomic E-state index is 4.60. The summed E-state index contributed by atoms with van der Waals surface area (Å²) < 4.78 is 1.77. The van der Waals surface area contributed by atoms with Gasteiger partial charge in [0.05, 0.1) is 17.3 Å². The molecule has 29 heavy (non-hydrogen) atoms. The Morgan fingerprint density at radius 3 is 2.83 bits per heavy atom. The minimum atomic E-state index is 0.0428. The Kier molecular flexibility index (Phi) is 4.09. The molecule has 6 heteroatoms. The number of fused-ring (bicyclic) bond motifs is 2. The lowest BCUT2D eigenvalue weighted by Crippen LogP contribution is -2.01. The number of nitrogens with zero attached hydrogens (tertiary/aromatic N) is 6. The van der Waals surface area contributed by atoms with E-state index in [-0.39, 0.29) is 6.04 Å². The number of allylic oxidation sites excluding steroid dienone is 1. The van der Waals surface area contributed by atoms with Gasteiger partial charge in [0, 0.05) is 29.8 Å². The van der Waals surface area contributed by atoms with Gasteiger partial charge in [0.2, 0.25) is 0 Å². The molecule has 0 spiro atoms. The largest absolute Gasteiger partial charge is 0.281 e. The van der Waals surface area contributed by atoms with E-state index < -0.39 is 0 Å². The normalized spacial score (nSPS) is 15.7. The zero-order valence-electron chi connectivity index (χ0n) is 15.7. The Labute approximate surface area is 167 Å². The summed E-state index contributed by atoms with van der Waals surface area (Å²) in [5.74, 6) is 0.784. The van der Waals surface area contributed by atoms with Crippen molar-refractivity contribution in [2.45, 2.75) is 12.5 Å². The van der Waals surface area contributed by atoms with E-state index >= 15 is 0 Å². The van der Waals surface area contributed by atoms with Crippen molar-refractivity contribution in [1.82, 2.24) is 24.8 Å². The molecule has 1 unspecified atom stereocenters. The molecule has 0 bridgehead atoms. The molecular formula is C23H18N6. The monoisotopic (exact) mass is 378 g/mol. The Balaban J connectivity index is 1.50. The molecule has 4 aromatic rings. The van der Waals surface area contributed by atoms with Crippen LogP contribution in [-0.2, 0) is 6.42 Å². The molecule has 0 saturated heterocycles.